The molecule has 66 valence electrons. The highest BCUT2D eigenvalue weighted by atomic mass is 16.1. The van der Waals surface area contributed by atoms with E-state index in [0.29, 0.717) is 5.78 Å². The van der Waals surface area contributed by atoms with Crippen molar-refractivity contribution in [3.8, 4) is 0 Å². The van der Waals surface area contributed by atoms with E-state index in [4.69, 9.17) is 0 Å². The number of hydrogen-bond acceptors (Lipinski definition) is 1. The number of ketones is 1. The van der Waals surface area contributed by atoms with Crippen molar-refractivity contribution in [2.75, 3.05) is 0 Å². The largest absolute Gasteiger partial charge is 0.295 e. The Labute approximate surface area is 73.8 Å². The van der Waals surface area contributed by atoms with E-state index in [0.717, 1.165) is 24.7 Å². The first-order valence-electron chi connectivity index (χ1n) is 4.99. The fraction of sp³-hybridized carbons (Fsp3) is 0.727. The van der Waals surface area contributed by atoms with Crippen molar-refractivity contribution in [1.82, 2.24) is 0 Å². The number of allylic oxidation sites excluding steroid dienone is 2. The highest BCUT2D eigenvalue weighted by molar-refractivity contribution is 5.91. The molecule has 2 aliphatic rings. The average molecular weight is 164 g/mol. The van der Waals surface area contributed by atoms with Crippen LogP contribution in [-0.4, -0.2) is 5.78 Å². The number of hydrogen-bond donors (Lipinski definition) is 0. The molecular weight excluding hydrogens is 148 g/mol. The molecule has 1 saturated carbocycles. The average Bonchev–Trinajstić information content (AvgIpc) is 2.05. The van der Waals surface area contributed by atoms with Crippen molar-refractivity contribution >= 4 is 5.78 Å². The van der Waals surface area contributed by atoms with Gasteiger partial charge in [-0.05, 0) is 43.6 Å². The summed E-state index contributed by atoms with van der Waals surface area (Å²) < 4.78 is 0. The lowest BCUT2D eigenvalue weighted by molar-refractivity contribution is -0.115. The lowest BCUT2D eigenvalue weighted by Crippen LogP contribution is -2.21. The fourth-order valence-electron chi connectivity index (χ4n) is 2.46. The second kappa shape index (κ2) is 3.04. The summed E-state index contributed by atoms with van der Waals surface area (Å²) in [5.74, 6) is 1.99. The molecule has 0 N–H and O–H groups in total. The zero-order valence-corrected chi connectivity index (χ0v) is 7.68. The Hall–Kier alpha value is -0.590. The third-order valence-corrected chi connectivity index (χ3v) is 3.22. The molecular formula is C11H16O. The summed E-state index contributed by atoms with van der Waals surface area (Å²) in [6, 6.07) is 0. The quantitative estimate of drug-likeness (QED) is 0.538. The molecule has 0 aliphatic heterocycles. The van der Waals surface area contributed by atoms with Crippen molar-refractivity contribution in [2.45, 2.75) is 39.0 Å². The molecule has 0 aromatic heterocycles. The van der Waals surface area contributed by atoms with Crippen LogP contribution in [0.25, 0.3) is 0 Å². The van der Waals surface area contributed by atoms with Crippen LogP contribution in [-0.2, 0) is 4.79 Å². The number of fused-ring (bicyclic) bond motifs is 1. The molecule has 0 bridgehead atoms. The number of carbonyl (C=O) groups is 1. The summed E-state index contributed by atoms with van der Waals surface area (Å²) in [7, 11) is 0. The normalized spacial score (nSPS) is 35.8. The van der Waals surface area contributed by atoms with Crippen LogP contribution in [0.15, 0.2) is 11.6 Å². The topological polar surface area (TPSA) is 17.1 Å². The zero-order chi connectivity index (χ0) is 8.55. The van der Waals surface area contributed by atoms with E-state index >= 15 is 0 Å². The monoisotopic (exact) mass is 164 g/mol. The summed E-state index contributed by atoms with van der Waals surface area (Å²) in [4.78, 5) is 11.1. The van der Waals surface area contributed by atoms with E-state index in [1.54, 1.807) is 0 Å². The molecule has 1 fully saturated rings. The first kappa shape index (κ1) is 8.03. The molecule has 2 aliphatic carbocycles. The molecule has 2 unspecified atom stereocenters. The highest BCUT2D eigenvalue weighted by Crippen LogP contribution is 2.38. The van der Waals surface area contributed by atoms with Gasteiger partial charge in [-0.15, -0.1) is 0 Å². The van der Waals surface area contributed by atoms with Crippen molar-refractivity contribution in [1.29, 1.82) is 0 Å². The lowest BCUT2D eigenvalue weighted by atomic mass is 9.73. The van der Waals surface area contributed by atoms with E-state index < -0.39 is 0 Å². The molecule has 0 amide bonds. The lowest BCUT2D eigenvalue weighted by Gasteiger charge is -2.31. The Kier molecular flexibility index (Phi) is 2.03. The van der Waals surface area contributed by atoms with E-state index in [1.807, 2.05) is 6.08 Å². The molecule has 0 heterocycles. The van der Waals surface area contributed by atoms with Gasteiger partial charge in [0.1, 0.15) is 0 Å². The number of rotatable bonds is 0. The third-order valence-electron chi connectivity index (χ3n) is 3.22. The van der Waals surface area contributed by atoms with Crippen LogP contribution >= 0.6 is 0 Å². The van der Waals surface area contributed by atoms with Crippen LogP contribution in [0.5, 0.6) is 0 Å². The van der Waals surface area contributed by atoms with Gasteiger partial charge in [0.2, 0.25) is 0 Å². The Morgan fingerprint density at radius 2 is 2.17 bits per heavy atom. The van der Waals surface area contributed by atoms with E-state index in [2.05, 4.69) is 6.92 Å². The Morgan fingerprint density at radius 1 is 1.33 bits per heavy atom. The van der Waals surface area contributed by atoms with Gasteiger partial charge in [0.15, 0.2) is 5.78 Å². The van der Waals surface area contributed by atoms with Gasteiger partial charge in [-0.3, -0.25) is 4.79 Å². The Balaban J connectivity index is 2.13. The van der Waals surface area contributed by atoms with Crippen molar-refractivity contribution in [3.05, 3.63) is 11.6 Å². The second-order valence-electron chi connectivity index (χ2n) is 4.30. The molecule has 2 atom stereocenters. The van der Waals surface area contributed by atoms with Gasteiger partial charge in [-0.2, -0.15) is 0 Å². The van der Waals surface area contributed by atoms with Crippen molar-refractivity contribution < 1.29 is 4.79 Å². The van der Waals surface area contributed by atoms with E-state index in [9.17, 15) is 4.79 Å². The molecule has 0 aromatic rings. The van der Waals surface area contributed by atoms with Gasteiger partial charge >= 0.3 is 0 Å². The zero-order valence-electron chi connectivity index (χ0n) is 7.68. The van der Waals surface area contributed by atoms with Crippen LogP contribution < -0.4 is 0 Å². The van der Waals surface area contributed by atoms with Gasteiger partial charge in [0.25, 0.3) is 0 Å². The molecule has 0 saturated heterocycles. The first-order chi connectivity index (χ1) is 5.75. The minimum atomic E-state index is 0.357. The molecule has 0 radical (unpaired) electrons. The maximum Gasteiger partial charge on any atom is 0.155 e. The maximum absolute atomic E-state index is 11.1. The fourth-order valence-corrected chi connectivity index (χ4v) is 2.46. The van der Waals surface area contributed by atoms with E-state index in [-0.39, 0.29) is 0 Å². The Bertz CT molecular complexity index is 227. The van der Waals surface area contributed by atoms with Crippen LogP contribution in [0.1, 0.15) is 39.0 Å². The molecule has 1 heteroatoms. The summed E-state index contributed by atoms with van der Waals surface area (Å²) in [5, 5.41) is 0. The predicted octanol–water partition coefficient (Wildman–Crippen LogP) is 2.71. The van der Waals surface area contributed by atoms with Gasteiger partial charge in [-0.1, -0.05) is 12.5 Å². The minimum absolute atomic E-state index is 0.357. The van der Waals surface area contributed by atoms with E-state index in [1.165, 1.54) is 24.8 Å². The minimum Gasteiger partial charge on any atom is -0.295 e. The summed E-state index contributed by atoms with van der Waals surface area (Å²) >= 11 is 0. The SMILES string of the molecule is CC1CCC2=CC(=O)CCC2C1. The smallest absolute Gasteiger partial charge is 0.155 e. The highest BCUT2D eigenvalue weighted by Gasteiger charge is 2.26. The third kappa shape index (κ3) is 1.45. The van der Waals surface area contributed by atoms with Gasteiger partial charge in [0.05, 0.1) is 0 Å². The molecule has 2 rings (SSSR count). The molecule has 1 nitrogen and oxygen atoms in total. The van der Waals surface area contributed by atoms with Crippen LogP contribution in [0.2, 0.25) is 0 Å². The molecule has 12 heavy (non-hydrogen) atoms. The van der Waals surface area contributed by atoms with Crippen LogP contribution in [0.4, 0.5) is 0 Å². The van der Waals surface area contributed by atoms with Gasteiger partial charge < -0.3 is 0 Å². The van der Waals surface area contributed by atoms with Crippen molar-refractivity contribution in [2.24, 2.45) is 11.8 Å². The molecule has 0 spiro atoms. The van der Waals surface area contributed by atoms with Gasteiger partial charge in [-0.25, -0.2) is 0 Å². The number of carbonyl (C=O) groups excluding carboxylic acids is 1. The Morgan fingerprint density at radius 3 is 3.00 bits per heavy atom. The summed E-state index contributed by atoms with van der Waals surface area (Å²) in [5.41, 5.74) is 1.45. The van der Waals surface area contributed by atoms with Gasteiger partial charge in [0, 0.05) is 6.42 Å². The van der Waals surface area contributed by atoms with Crippen LogP contribution in [0.3, 0.4) is 0 Å². The maximum atomic E-state index is 11.1. The van der Waals surface area contributed by atoms with Crippen LogP contribution in [0, 0.1) is 11.8 Å². The van der Waals surface area contributed by atoms with Crippen molar-refractivity contribution in [3.63, 3.8) is 0 Å². The predicted molar refractivity (Wildman–Crippen MR) is 48.8 cm³/mol. The first-order valence-corrected chi connectivity index (χ1v) is 4.99. The second-order valence-corrected chi connectivity index (χ2v) is 4.30. The molecule has 0 aromatic carbocycles. The summed E-state index contributed by atoms with van der Waals surface area (Å²) in [6.45, 7) is 2.33. The summed E-state index contributed by atoms with van der Waals surface area (Å²) in [6.07, 6.45) is 7.61. The standard InChI is InChI=1S/C11H16O/c1-8-2-3-10-7-11(12)5-4-9(10)6-8/h7-9H,2-6H2,1H3.